The molecule has 0 saturated carbocycles. The van der Waals surface area contributed by atoms with Gasteiger partial charge >= 0.3 is 0 Å². The molecule has 2 aromatic carbocycles. The van der Waals surface area contributed by atoms with Gasteiger partial charge in [-0.15, -0.1) is 0 Å². The number of rotatable bonds is 5. The molecule has 3 aromatic heterocycles. The lowest BCUT2D eigenvalue weighted by atomic mass is 10.0. The Labute approximate surface area is 175 Å². The summed E-state index contributed by atoms with van der Waals surface area (Å²) in [4.78, 5) is 58.1. The van der Waals surface area contributed by atoms with Gasteiger partial charge in [0, 0.05) is 36.4 Å². The second-order valence-electron chi connectivity index (χ2n) is 7.88. The monoisotopic (exact) mass is 418 g/mol. The predicted octanol–water partition coefficient (Wildman–Crippen LogP) is 1.43. The first-order valence-corrected chi connectivity index (χ1v) is 10.4. The van der Waals surface area contributed by atoms with Crippen LogP contribution in [0.1, 0.15) is 13.8 Å². The molecule has 5 aromatic rings. The van der Waals surface area contributed by atoms with E-state index in [0.717, 1.165) is 28.6 Å². The third-order valence-electron chi connectivity index (χ3n) is 6.45. The Kier molecular flexibility index (Phi) is 4.23. The Hall–Kier alpha value is -3.52. The number of aromatic amines is 1. The molecule has 1 N–H and O–H groups in total. The summed E-state index contributed by atoms with van der Waals surface area (Å²) < 4.78 is 2.22. The number of nitrogens with zero attached hydrogens (tertiary/aromatic N) is 3. The number of hydrogen-bond acceptors (Lipinski definition) is 5. The minimum atomic E-state index is -0.546. The zero-order chi connectivity index (χ0) is 22.0. The fourth-order valence-corrected chi connectivity index (χ4v) is 4.72. The zero-order valence-corrected chi connectivity index (χ0v) is 17.6. The Morgan fingerprint density at radius 2 is 1.39 bits per heavy atom. The number of benzene rings is 2. The summed E-state index contributed by atoms with van der Waals surface area (Å²) in [5, 5.41) is 1.75. The zero-order valence-electron chi connectivity index (χ0n) is 17.6. The number of nitrogens with one attached hydrogen (secondary N) is 1. The molecule has 0 bridgehead atoms. The predicted molar refractivity (Wildman–Crippen MR) is 123 cm³/mol. The molecular weight excluding hydrogens is 396 g/mol. The van der Waals surface area contributed by atoms with Crippen LogP contribution in [0.2, 0.25) is 0 Å². The molecule has 31 heavy (non-hydrogen) atoms. The number of H-pyrrole nitrogens is 1. The molecule has 0 unspecified atom stereocenters. The van der Waals surface area contributed by atoms with E-state index >= 15 is 0 Å². The van der Waals surface area contributed by atoms with Gasteiger partial charge in [-0.05, 0) is 19.2 Å². The van der Waals surface area contributed by atoms with Gasteiger partial charge in [-0.1, -0.05) is 32.0 Å². The quantitative estimate of drug-likeness (QED) is 0.466. The minimum Gasteiger partial charge on any atom is -0.354 e. The van der Waals surface area contributed by atoms with Crippen LogP contribution in [0, 0.1) is 0 Å². The average Bonchev–Trinajstić information content (AvgIpc) is 3.35. The van der Waals surface area contributed by atoms with Crippen molar-refractivity contribution in [2.45, 2.75) is 20.4 Å². The summed E-state index contributed by atoms with van der Waals surface area (Å²) in [6.07, 6.45) is 0. The molecule has 3 heterocycles. The molecule has 0 atom stereocenters. The second-order valence-corrected chi connectivity index (χ2v) is 7.88. The first-order chi connectivity index (χ1) is 14.9. The molecular formula is C23H22N4O4. The van der Waals surface area contributed by atoms with E-state index in [1.165, 1.54) is 11.6 Å². The van der Waals surface area contributed by atoms with Crippen LogP contribution in [-0.2, 0) is 13.6 Å². The van der Waals surface area contributed by atoms with Gasteiger partial charge in [0.25, 0.3) is 22.2 Å². The third kappa shape index (κ3) is 2.45. The summed E-state index contributed by atoms with van der Waals surface area (Å²) in [6.45, 7) is 6.42. The van der Waals surface area contributed by atoms with E-state index in [1.54, 1.807) is 0 Å². The fraction of sp³-hybridized carbons (Fsp3) is 0.304. The molecule has 0 saturated heterocycles. The summed E-state index contributed by atoms with van der Waals surface area (Å²) in [5.74, 6) is 0. The van der Waals surface area contributed by atoms with E-state index in [1.807, 2.05) is 38.1 Å². The topological polar surface area (TPSA) is 97.2 Å². The maximum atomic E-state index is 13.4. The molecule has 0 spiro atoms. The number of fused-ring (bicyclic) bond motifs is 8. The lowest BCUT2D eigenvalue weighted by Gasteiger charge is -2.17. The van der Waals surface area contributed by atoms with E-state index in [9.17, 15) is 19.2 Å². The van der Waals surface area contributed by atoms with E-state index < -0.39 is 22.2 Å². The van der Waals surface area contributed by atoms with Gasteiger partial charge in [0.15, 0.2) is 0 Å². The van der Waals surface area contributed by atoms with E-state index in [4.69, 9.17) is 0 Å². The highest BCUT2D eigenvalue weighted by molar-refractivity contribution is 6.31. The lowest BCUT2D eigenvalue weighted by Crippen LogP contribution is -2.33. The third-order valence-corrected chi connectivity index (χ3v) is 6.45. The van der Waals surface area contributed by atoms with Gasteiger partial charge in [-0.3, -0.25) is 28.3 Å². The van der Waals surface area contributed by atoms with Crippen molar-refractivity contribution < 1.29 is 0 Å². The molecule has 0 fully saturated rings. The first-order valence-electron chi connectivity index (χ1n) is 10.4. The highest BCUT2D eigenvalue weighted by Crippen LogP contribution is 2.34. The van der Waals surface area contributed by atoms with Crippen LogP contribution in [0.25, 0.3) is 43.4 Å². The van der Waals surface area contributed by atoms with Crippen LogP contribution < -0.4 is 22.2 Å². The highest BCUT2D eigenvalue weighted by atomic mass is 16.2. The minimum absolute atomic E-state index is 0.0429. The number of likely N-dealkylation sites (N-methyl/N-ethyl adjacent to an activating group) is 1. The van der Waals surface area contributed by atoms with Gasteiger partial charge in [-0.2, -0.15) is 0 Å². The summed E-state index contributed by atoms with van der Waals surface area (Å²) in [7, 11) is 1.40. The molecule has 8 nitrogen and oxygen atoms in total. The van der Waals surface area contributed by atoms with Gasteiger partial charge in [0.05, 0.1) is 27.1 Å². The van der Waals surface area contributed by atoms with Crippen molar-refractivity contribution in [2.24, 2.45) is 7.05 Å². The Morgan fingerprint density at radius 3 is 2.06 bits per heavy atom. The molecule has 8 heteroatoms. The molecule has 0 aliphatic rings. The fourth-order valence-electron chi connectivity index (χ4n) is 4.72. The van der Waals surface area contributed by atoms with Crippen LogP contribution >= 0.6 is 0 Å². The number of hydrogen-bond donors (Lipinski definition) is 1. The smallest absolute Gasteiger partial charge is 0.263 e. The second kappa shape index (κ2) is 6.75. The normalized spacial score (nSPS) is 12.4. The van der Waals surface area contributed by atoms with Gasteiger partial charge < -0.3 is 9.88 Å². The Morgan fingerprint density at radius 1 is 0.806 bits per heavy atom. The maximum absolute atomic E-state index is 13.4. The van der Waals surface area contributed by atoms with Crippen LogP contribution in [0.4, 0.5) is 0 Å². The van der Waals surface area contributed by atoms with E-state index in [-0.39, 0.29) is 28.1 Å². The molecule has 0 amide bonds. The Bertz CT molecular complexity index is 1710. The van der Waals surface area contributed by atoms with Crippen molar-refractivity contribution in [1.29, 1.82) is 0 Å². The van der Waals surface area contributed by atoms with Crippen molar-refractivity contribution in [1.82, 2.24) is 19.0 Å². The van der Waals surface area contributed by atoms with Crippen molar-refractivity contribution in [2.75, 3.05) is 19.6 Å². The number of aromatic nitrogens is 3. The largest absolute Gasteiger partial charge is 0.354 e. The van der Waals surface area contributed by atoms with Crippen LogP contribution in [-0.4, -0.2) is 38.7 Å². The standard InChI is InChI=1S/C23H22N4O4/c1-4-26(5-2)10-11-27-22(30)17-16-15(20(28)25(3)21(16)29)14-12-8-6-7-9-13(12)24-19(14)18(17)23(27)31/h6-9,24H,4-5,10-11H2,1-3H3. The van der Waals surface area contributed by atoms with Gasteiger partial charge in [0.1, 0.15) is 0 Å². The Balaban J connectivity index is 2.01. The van der Waals surface area contributed by atoms with Crippen LogP contribution in [0.3, 0.4) is 0 Å². The molecule has 158 valence electrons. The van der Waals surface area contributed by atoms with Crippen molar-refractivity contribution in [3.05, 3.63) is 65.7 Å². The number of para-hydroxylation sites is 1. The van der Waals surface area contributed by atoms with Gasteiger partial charge in [-0.25, -0.2) is 0 Å². The van der Waals surface area contributed by atoms with Crippen LogP contribution in [0.15, 0.2) is 43.4 Å². The SMILES string of the molecule is CCN(CC)CCn1c(=O)c2c3[nH]c4ccccc4c3c3c(=O)n(C)c(=O)c3c2c1=O. The summed E-state index contributed by atoms with van der Waals surface area (Å²) in [5.41, 5.74) is -0.767. The van der Waals surface area contributed by atoms with E-state index in [2.05, 4.69) is 9.88 Å². The van der Waals surface area contributed by atoms with Crippen molar-refractivity contribution in [3.63, 3.8) is 0 Å². The van der Waals surface area contributed by atoms with Gasteiger partial charge in [0.2, 0.25) is 0 Å². The molecule has 0 aliphatic heterocycles. The first kappa shape index (κ1) is 19.4. The van der Waals surface area contributed by atoms with Crippen molar-refractivity contribution >= 4 is 43.4 Å². The van der Waals surface area contributed by atoms with Crippen molar-refractivity contribution in [3.8, 4) is 0 Å². The maximum Gasteiger partial charge on any atom is 0.263 e. The highest BCUT2D eigenvalue weighted by Gasteiger charge is 2.27. The molecule has 5 rings (SSSR count). The lowest BCUT2D eigenvalue weighted by molar-refractivity contribution is 0.288. The molecule has 0 aliphatic carbocycles. The van der Waals surface area contributed by atoms with Crippen LogP contribution in [0.5, 0.6) is 0 Å². The summed E-state index contributed by atoms with van der Waals surface area (Å²) in [6, 6.07) is 7.37. The molecule has 0 radical (unpaired) electrons. The van der Waals surface area contributed by atoms with E-state index in [0.29, 0.717) is 17.4 Å². The summed E-state index contributed by atoms with van der Waals surface area (Å²) >= 11 is 0. The average molecular weight is 418 g/mol.